The number of hydrogen-bond acceptors (Lipinski definition) is 4. The van der Waals surface area contributed by atoms with Crippen molar-refractivity contribution in [3.63, 3.8) is 0 Å². The second-order valence-electron chi connectivity index (χ2n) is 10.5. The van der Waals surface area contributed by atoms with Crippen molar-refractivity contribution >= 4 is 10.9 Å². The zero-order chi connectivity index (χ0) is 29.0. The Balaban J connectivity index is 1.44. The van der Waals surface area contributed by atoms with Gasteiger partial charge in [0.2, 0.25) is 0 Å². The first-order valence-electron chi connectivity index (χ1n) is 14.4. The number of pyridine rings is 1. The molecular weight excluding hydrogens is 514 g/mol. The first-order chi connectivity index (χ1) is 21.1. The van der Waals surface area contributed by atoms with E-state index in [0.717, 1.165) is 50.0 Å². The summed E-state index contributed by atoms with van der Waals surface area (Å²) in [5.41, 5.74) is 8.31. The molecule has 198 valence electrons. The minimum Gasteiger partial charge on any atom is -0.507 e. The Morgan fingerprint density at radius 1 is 0.619 bits per heavy atom. The quantitative estimate of drug-likeness (QED) is 0.243. The first-order valence-corrected chi connectivity index (χ1v) is 13.9. The van der Waals surface area contributed by atoms with E-state index in [9.17, 15) is 5.11 Å². The third-order valence-electron chi connectivity index (χ3n) is 8.23. The summed E-state index contributed by atoms with van der Waals surface area (Å²) in [6, 6.07) is 44.2. The molecule has 8 rings (SSSR count). The molecule has 0 spiro atoms. The maximum absolute atomic E-state index is 10.7. The van der Waals surface area contributed by atoms with Crippen LogP contribution in [0.5, 0.6) is 5.75 Å². The van der Waals surface area contributed by atoms with Gasteiger partial charge in [-0.2, -0.15) is 0 Å². The van der Waals surface area contributed by atoms with Crippen LogP contribution in [0.3, 0.4) is 0 Å². The van der Waals surface area contributed by atoms with E-state index in [1.807, 2.05) is 79.0 Å². The predicted octanol–water partition coefficient (Wildman–Crippen LogP) is 8.43. The van der Waals surface area contributed by atoms with Crippen LogP contribution in [0, 0.1) is 0 Å². The smallest absolute Gasteiger partial charge is 0.159 e. The predicted molar refractivity (Wildman–Crippen MR) is 167 cm³/mol. The third-order valence-corrected chi connectivity index (χ3v) is 8.23. The molecule has 0 aliphatic heterocycles. The number of nitrogens with zero attached hydrogens (tertiary/aromatic N) is 3. The fraction of sp³-hybridized carbons (Fsp3) is 0.0263. The molecule has 4 nitrogen and oxygen atoms in total. The van der Waals surface area contributed by atoms with Crippen LogP contribution in [0.15, 0.2) is 146 Å². The van der Waals surface area contributed by atoms with E-state index in [1.54, 1.807) is 6.07 Å². The highest BCUT2D eigenvalue weighted by atomic mass is 16.3. The molecule has 0 unspecified atom stereocenters. The van der Waals surface area contributed by atoms with Crippen molar-refractivity contribution < 1.29 is 6.48 Å². The highest BCUT2D eigenvalue weighted by Crippen LogP contribution is 2.56. The SMILES string of the molecule is [2H]c1cc(-c2ncc3ccccc3n2)cc(C2(c3cccc(-c4ccccc4O)n3)c3ccccc3-c3ccccc32)c1. The average Bonchev–Trinajstić information content (AvgIpc) is 3.36. The second-order valence-corrected chi connectivity index (χ2v) is 10.5. The zero-order valence-electron chi connectivity index (χ0n) is 23.6. The molecular formula is C38H25N3O. The largest absolute Gasteiger partial charge is 0.507 e. The standard InChI is InChI=1S/C38H25N3O/c42-35-21-8-4-16-30(35)34-20-10-22-36(40-34)38(31-17-5-2-14-28(31)29-15-3-6-18-32(29)38)27-13-9-12-25(23-27)37-39-24-26-11-1-7-19-33(26)41-37/h1-24,42H/i9D. The lowest BCUT2D eigenvalue weighted by Crippen LogP contribution is -2.30. The Morgan fingerprint density at radius 3 is 2.10 bits per heavy atom. The van der Waals surface area contributed by atoms with E-state index in [2.05, 4.69) is 54.6 Å². The van der Waals surface area contributed by atoms with Crippen molar-refractivity contribution in [2.75, 3.05) is 0 Å². The molecule has 0 saturated carbocycles. The number of phenolic OH excluding ortho intramolecular Hbond substituents is 1. The lowest BCUT2D eigenvalue weighted by Gasteiger charge is -2.33. The molecule has 0 radical (unpaired) electrons. The molecule has 7 aromatic rings. The molecule has 1 aliphatic carbocycles. The maximum atomic E-state index is 10.7. The molecule has 0 bridgehead atoms. The number of hydrogen-bond donors (Lipinski definition) is 1. The van der Waals surface area contributed by atoms with Gasteiger partial charge in [0.15, 0.2) is 5.82 Å². The van der Waals surface area contributed by atoms with Crippen molar-refractivity contribution in [3.8, 4) is 39.5 Å². The van der Waals surface area contributed by atoms with Crippen molar-refractivity contribution in [1.29, 1.82) is 0 Å². The molecule has 42 heavy (non-hydrogen) atoms. The van der Waals surface area contributed by atoms with Crippen LogP contribution in [-0.2, 0) is 5.41 Å². The molecule has 2 aromatic heterocycles. The highest BCUT2D eigenvalue weighted by molar-refractivity contribution is 5.86. The van der Waals surface area contributed by atoms with Crippen molar-refractivity contribution in [2.45, 2.75) is 5.41 Å². The van der Waals surface area contributed by atoms with Crippen LogP contribution >= 0.6 is 0 Å². The van der Waals surface area contributed by atoms with Gasteiger partial charge in [0.05, 0.1) is 23.7 Å². The van der Waals surface area contributed by atoms with Gasteiger partial charge >= 0.3 is 0 Å². The summed E-state index contributed by atoms with van der Waals surface area (Å²) in [6.07, 6.45) is 1.83. The van der Waals surface area contributed by atoms with Gasteiger partial charge in [0, 0.05) is 22.7 Å². The van der Waals surface area contributed by atoms with Crippen LogP contribution in [0.4, 0.5) is 0 Å². The number of phenols is 1. The van der Waals surface area contributed by atoms with Crippen LogP contribution in [0.2, 0.25) is 0 Å². The summed E-state index contributed by atoms with van der Waals surface area (Å²) in [4.78, 5) is 14.8. The molecule has 0 fully saturated rings. The van der Waals surface area contributed by atoms with Gasteiger partial charge < -0.3 is 5.11 Å². The number of benzene rings is 5. The Hall–Kier alpha value is -5.61. The van der Waals surface area contributed by atoms with Gasteiger partial charge in [-0.05, 0) is 64.2 Å². The minimum atomic E-state index is -0.823. The number of aromatic nitrogens is 3. The van der Waals surface area contributed by atoms with E-state index >= 15 is 0 Å². The maximum Gasteiger partial charge on any atom is 0.159 e. The Kier molecular flexibility index (Phi) is 5.23. The van der Waals surface area contributed by atoms with Crippen LogP contribution in [-0.4, -0.2) is 20.1 Å². The zero-order valence-corrected chi connectivity index (χ0v) is 22.6. The summed E-state index contributed by atoms with van der Waals surface area (Å²) in [5.74, 6) is 0.747. The first kappa shape index (κ1) is 23.1. The van der Waals surface area contributed by atoms with E-state index < -0.39 is 5.41 Å². The van der Waals surface area contributed by atoms with Crippen molar-refractivity contribution in [2.24, 2.45) is 0 Å². The molecule has 4 heteroatoms. The topological polar surface area (TPSA) is 58.9 Å². The third kappa shape index (κ3) is 3.59. The summed E-state index contributed by atoms with van der Waals surface area (Å²) >= 11 is 0. The number of rotatable bonds is 4. The van der Waals surface area contributed by atoms with Gasteiger partial charge in [-0.25, -0.2) is 9.97 Å². The Morgan fingerprint density at radius 2 is 1.31 bits per heavy atom. The molecule has 5 aromatic carbocycles. The Bertz CT molecular complexity index is 2150. The van der Waals surface area contributed by atoms with Crippen LogP contribution < -0.4 is 0 Å². The van der Waals surface area contributed by atoms with Gasteiger partial charge in [-0.1, -0.05) is 103 Å². The fourth-order valence-electron chi connectivity index (χ4n) is 6.38. The fourth-order valence-corrected chi connectivity index (χ4v) is 6.38. The van der Waals surface area contributed by atoms with Crippen LogP contribution in [0.25, 0.3) is 44.7 Å². The van der Waals surface area contributed by atoms with E-state index in [-0.39, 0.29) is 5.75 Å². The highest BCUT2D eigenvalue weighted by Gasteiger charge is 2.47. The van der Waals surface area contributed by atoms with Gasteiger partial charge in [-0.3, -0.25) is 4.98 Å². The summed E-state index contributed by atoms with van der Waals surface area (Å²) in [7, 11) is 0. The lowest BCUT2D eigenvalue weighted by molar-refractivity contribution is 0.477. The average molecular weight is 541 g/mol. The van der Waals surface area contributed by atoms with Gasteiger partial charge in [-0.15, -0.1) is 0 Å². The van der Waals surface area contributed by atoms with E-state index in [1.165, 1.54) is 0 Å². The molecule has 0 atom stereocenters. The summed E-state index contributed by atoms with van der Waals surface area (Å²) < 4.78 is 8.97. The molecule has 0 amide bonds. The number of para-hydroxylation sites is 2. The monoisotopic (exact) mass is 540 g/mol. The Labute approximate surface area is 245 Å². The van der Waals surface area contributed by atoms with Gasteiger partial charge in [0.25, 0.3) is 0 Å². The minimum absolute atomic E-state index is 0.178. The second kappa shape index (κ2) is 9.50. The summed E-state index contributed by atoms with van der Waals surface area (Å²) in [5, 5.41) is 11.7. The molecule has 2 heterocycles. The normalized spacial score (nSPS) is 13.4. The molecule has 0 saturated heterocycles. The van der Waals surface area contributed by atoms with Gasteiger partial charge in [0.1, 0.15) is 5.75 Å². The van der Waals surface area contributed by atoms with Crippen molar-refractivity contribution in [1.82, 2.24) is 15.0 Å². The number of aromatic hydroxyl groups is 1. The molecule has 1 N–H and O–H groups in total. The lowest BCUT2D eigenvalue weighted by atomic mass is 9.69. The summed E-state index contributed by atoms with van der Waals surface area (Å²) in [6.45, 7) is 0. The molecule has 1 aliphatic rings. The van der Waals surface area contributed by atoms with Crippen molar-refractivity contribution in [3.05, 3.63) is 168 Å². The number of fused-ring (bicyclic) bond motifs is 4. The van der Waals surface area contributed by atoms with E-state index in [4.69, 9.17) is 16.3 Å². The van der Waals surface area contributed by atoms with Crippen LogP contribution in [0.1, 0.15) is 23.8 Å². The van der Waals surface area contributed by atoms with E-state index in [0.29, 0.717) is 23.1 Å².